The van der Waals surface area contributed by atoms with Gasteiger partial charge in [-0.2, -0.15) is 0 Å². The second-order valence-corrected chi connectivity index (χ2v) is 6.99. The number of nitrogens with zero attached hydrogens (tertiary/aromatic N) is 3. The molecule has 1 amide bonds. The van der Waals surface area contributed by atoms with Gasteiger partial charge in [0.25, 0.3) is 5.91 Å². The predicted molar refractivity (Wildman–Crippen MR) is 115 cm³/mol. The maximum atomic E-state index is 12.8. The highest BCUT2D eigenvalue weighted by Gasteiger charge is 2.17. The number of carbonyl (C=O) groups is 1. The predicted octanol–water partition coefficient (Wildman–Crippen LogP) is 3.76. The number of carbonyl (C=O) groups excluding carboxylic acids is 1. The second-order valence-electron chi connectivity index (χ2n) is 6.99. The highest BCUT2D eigenvalue weighted by Crippen LogP contribution is 2.22. The lowest BCUT2D eigenvalue weighted by atomic mass is 10.1. The van der Waals surface area contributed by atoms with Gasteiger partial charge in [-0.15, -0.1) is 0 Å². The molecule has 1 aliphatic rings. The first-order valence-corrected chi connectivity index (χ1v) is 9.93. The molecule has 2 aromatic carbocycles. The molecule has 0 saturated carbocycles. The second kappa shape index (κ2) is 9.37. The first-order chi connectivity index (χ1) is 14.7. The highest BCUT2D eigenvalue weighted by atomic mass is 16.5. The van der Waals surface area contributed by atoms with Crippen LogP contribution in [0.1, 0.15) is 16.8 Å². The molecule has 1 fully saturated rings. The first-order valence-electron chi connectivity index (χ1n) is 9.93. The lowest BCUT2D eigenvalue weighted by Crippen LogP contribution is -2.33. The Kier molecular flexibility index (Phi) is 6.20. The molecule has 0 spiro atoms. The van der Waals surface area contributed by atoms with Crippen LogP contribution in [0.2, 0.25) is 0 Å². The summed E-state index contributed by atoms with van der Waals surface area (Å²) in [5, 5.41) is 3.17. The van der Waals surface area contributed by atoms with Crippen LogP contribution in [0.15, 0.2) is 60.9 Å². The van der Waals surface area contributed by atoms with Crippen LogP contribution in [0, 0.1) is 0 Å². The van der Waals surface area contributed by atoms with E-state index >= 15 is 0 Å². The Morgan fingerprint density at radius 3 is 2.60 bits per heavy atom. The number of hydrogen-bond acceptors (Lipinski definition) is 6. The third-order valence-electron chi connectivity index (χ3n) is 4.95. The van der Waals surface area contributed by atoms with E-state index < -0.39 is 0 Å². The number of rotatable bonds is 5. The molecular weight excluding hydrogens is 380 g/mol. The van der Waals surface area contributed by atoms with Crippen LogP contribution in [0.4, 0.5) is 11.6 Å². The number of ether oxygens (including phenoxy) is 2. The van der Waals surface area contributed by atoms with Gasteiger partial charge in [0.2, 0.25) is 5.95 Å². The quantitative estimate of drug-likeness (QED) is 0.698. The molecule has 0 bridgehead atoms. The summed E-state index contributed by atoms with van der Waals surface area (Å²) in [6.07, 6.45) is 4.39. The van der Waals surface area contributed by atoms with Gasteiger partial charge in [0, 0.05) is 48.9 Å². The van der Waals surface area contributed by atoms with Crippen LogP contribution in [0.5, 0.6) is 5.75 Å². The molecule has 154 valence electrons. The van der Waals surface area contributed by atoms with Crippen molar-refractivity contribution in [3.05, 3.63) is 66.5 Å². The van der Waals surface area contributed by atoms with Crippen molar-refractivity contribution in [3.63, 3.8) is 0 Å². The molecule has 1 aliphatic heterocycles. The van der Waals surface area contributed by atoms with E-state index in [-0.39, 0.29) is 5.91 Å². The number of amides is 1. The third kappa shape index (κ3) is 4.75. The lowest BCUT2D eigenvalue weighted by Gasteiger charge is -2.20. The molecule has 2 heterocycles. The average molecular weight is 404 g/mol. The zero-order valence-electron chi connectivity index (χ0n) is 16.9. The number of anilines is 2. The molecule has 1 saturated heterocycles. The Morgan fingerprint density at radius 2 is 1.83 bits per heavy atom. The van der Waals surface area contributed by atoms with Crippen LogP contribution in [0.25, 0.3) is 11.1 Å². The molecule has 0 radical (unpaired) electrons. The zero-order chi connectivity index (χ0) is 20.8. The Bertz CT molecular complexity index is 982. The van der Waals surface area contributed by atoms with Gasteiger partial charge < -0.3 is 19.7 Å². The number of nitrogens with one attached hydrogen (secondary N) is 1. The monoisotopic (exact) mass is 404 g/mol. The molecule has 30 heavy (non-hydrogen) atoms. The average Bonchev–Trinajstić information content (AvgIpc) is 3.09. The van der Waals surface area contributed by atoms with Gasteiger partial charge in [-0.25, -0.2) is 9.97 Å². The maximum Gasteiger partial charge on any atom is 0.254 e. The Morgan fingerprint density at radius 1 is 1.03 bits per heavy atom. The first kappa shape index (κ1) is 19.8. The van der Waals surface area contributed by atoms with Gasteiger partial charge in [-0.1, -0.05) is 18.2 Å². The fraction of sp³-hybridized carbons (Fsp3) is 0.261. The molecule has 1 N–H and O–H groups in total. The maximum absolute atomic E-state index is 12.8. The van der Waals surface area contributed by atoms with E-state index in [1.54, 1.807) is 19.5 Å². The van der Waals surface area contributed by atoms with Crippen molar-refractivity contribution >= 4 is 17.5 Å². The minimum absolute atomic E-state index is 0.0138. The molecule has 7 nitrogen and oxygen atoms in total. The molecule has 0 atom stereocenters. The molecular formula is C23H24N4O3. The van der Waals surface area contributed by atoms with Gasteiger partial charge in [0.05, 0.1) is 13.7 Å². The van der Waals surface area contributed by atoms with E-state index in [0.29, 0.717) is 37.8 Å². The van der Waals surface area contributed by atoms with Gasteiger partial charge in [0.15, 0.2) is 0 Å². The third-order valence-corrected chi connectivity index (χ3v) is 4.95. The van der Waals surface area contributed by atoms with Crippen molar-refractivity contribution in [1.29, 1.82) is 0 Å². The summed E-state index contributed by atoms with van der Waals surface area (Å²) in [5.41, 5.74) is 3.33. The van der Waals surface area contributed by atoms with Crippen molar-refractivity contribution in [2.75, 3.05) is 38.7 Å². The van der Waals surface area contributed by atoms with Gasteiger partial charge in [-0.3, -0.25) is 4.79 Å². The van der Waals surface area contributed by atoms with Crippen LogP contribution in [-0.4, -0.2) is 54.2 Å². The van der Waals surface area contributed by atoms with Crippen LogP contribution < -0.4 is 10.1 Å². The molecule has 0 unspecified atom stereocenters. The van der Waals surface area contributed by atoms with Crippen molar-refractivity contribution in [2.45, 2.75) is 6.42 Å². The Labute approximate surface area is 175 Å². The van der Waals surface area contributed by atoms with Gasteiger partial charge in [-0.05, 0) is 42.3 Å². The largest absolute Gasteiger partial charge is 0.497 e. The fourth-order valence-corrected chi connectivity index (χ4v) is 3.32. The summed E-state index contributed by atoms with van der Waals surface area (Å²) in [4.78, 5) is 23.5. The summed E-state index contributed by atoms with van der Waals surface area (Å²) in [5.74, 6) is 1.29. The van der Waals surface area contributed by atoms with E-state index in [0.717, 1.165) is 29.0 Å². The number of hydrogen-bond donors (Lipinski definition) is 1. The zero-order valence-corrected chi connectivity index (χ0v) is 16.9. The van der Waals surface area contributed by atoms with Crippen molar-refractivity contribution in [1.82, 2.24) is 14.9 Å². The molecule has 0 aliphatic carbocycles. The van der Waals surface area contributed by atoms with Crippen LogP contribution >= 0.6 is 0 Å². The summed E-state index contributed by atoms with van der Waals surface area (Å²) in [6.45, 7) is 2.62. The van der Waals surface area contributed by atoms with E-state index in [2.05, 4.69) is 15.3 Å². The number of methoxy groups -OCH3 is 1. The molecule has 3 aromatic rings. The van der Waals surface area contributed by atoms with E-state index in [1.807, 2.05) is 53.4 Å². The standard InChI is InChI=1S/C23H24N4O3/c1-29-21-8-6-17(7-9-21)19-15-24-23(25-16-19)26-20-5-2-4-18(14-20)22(28)27-10-3-12-30-13-11-27/h2,4-9,14-16H,3,10-13H2,1H3,(H,24,25,26). The molecule has 4 rings (SSSR count). The minimum atomic E-state index is 0.0138. The fourth-order valence-electron chi connectivity index (χ4n) is 3.32. The molecule has 1 aromatic heterocycles. The number of benzene rings is 2. The summed E-state index contributed by atoms with van der Waals surface area (Å²) >= 11 is 0. The normalized spacial score (nSPS) is 14.1. The topological polar surface area (TPSA) is 76.6 Å². The minimum Gasteiger partial charge on any atom is -0.497 e. The summed E-state index contributed by atoms with van der Waals surface area (Å²) in [7, 11) is 1.64. The summed E-state index contributed by atoms with van der Waals surface area (Å²) < 4.78 is 10.6. The van der Waals surface area contributed by atoms with E-state index in [9.17, 15) is 4.79 Å². The highest BCUT2D eigenvalue weighted by molar-refractivity contribution is 5.95. The van der Waals surface area contributed by atoms with Crippen molar-refractivity contribution < 1.29 is 14.3 Å². The smallest absolute Gasteiger partial charge is 0.254 e. The van der Waals surface area contributed by atoms with Crippen LogP contribution in [0.3, 0.4) is 0 Å². The van der Waals surface area contributed by atoms with Gasteiger partial charge >= 0.3 is 0 Å². The van der Waals surface area contributed by atoms with Crippen molar-refractivity contribution in [2.24, 2.45) is 0 Å². The van der Waals surface area contributed by atoms with Crippen molar-refractivity contribution in [3.8, 4) is 16.9 Å². The lowest BCUT2D eigenvalue weighted by molar-refractivity contribution is 0.0741. The molecule has 7 heteroatoms. The number of aromatic nitrogens is 2. The van der Waals surface area contributed by atoms with E-state index in [4.69, 9.17) is 9.47 Å². The Hall–Kier alpha value is -3.45. The van der Waals surface area contributed by atoms with E-state index in [1.165, 1.54) is 0 Å². The SMILES string of the molecule is COc1ccc(-c2cnc(Nc3cccc(C(=O)N4CCCOCC4)c3)nc2)cc1. The Balaban J connectivity index is 1.45. The van der Waals surface area contributed by atoms with Crippen LogP contribution in [-0.2, 0) is 4.74 Å². The van der Waals surface area contributed by atoms with Gasteiger partial charge in [0.1, 0.15) is 5.75 Å². The summed E-state index contributed by atoms with van der Waals surface area (Å²) in [6, 6.07) is 15.1.